The molecule has 2 rings (SSSR count). The summed E-state index contributed by atoms with van der Waals surface area (Å²) < 4.78 is 5.06. The molecule has 0 spiro atoms. The molecule has 1 aliphatic rings. The molecule has 1 aliphatic heterocycles. The fourth-order valence-electron chi connectivity index (χ4n) is 2.36. The van der Waals surface area contributed by atoms with Crippen LogP contribution in [0.1, 0.15) is 44.0 Å². The summed E-state index contributed by atoms with van der Waals surface area (Å²) in [5.41, 5.74) is 10.4. The fraction of sp³-hybridized carbons (Fsp3) is 0.500. The van der Waals surface area contributed by atoms with E-state index in [2.05, 4.69) is 10.4 Å². The monoisotopic (exact) mass is 260 g/mol. The molecule has 5 heteroatoms. The number of nitrogens with zero attached hydrogens (tertiary/aromatic N) is 2. The Hall–Kier alpha value is -1.75. The van der Waals surface area contributed by atoms with Crippen LogP contribution in [0, 0.1) is 0 Å². The normalized spacial score (nSPS) is 21.8. The van der Waals surface area contributed by atoms with Crippen LogP contribution in [0.25, 0.3) is 10.8 Å². The number of carbonyl (C=O) groups excluding carboxylic acids is 1. The van der Waals surface area contributed by atoms with Crippen molar-refractivity contribution in [2.24, 2.45) is 0 Å². The van der Waals surface area contributed by atoms with Gasteiger partial charge < -0.3 is 20.7 Å². The van der Waals surface area contributed by atoms with E-state index in [9.17, 15) is 10.3 Å². The third kappa shape index (κ3) is 2.38. The second-order valence-corrected chi connectivity index (χ2v) is 5.17. The Labute approximate surface area is 112 Å². The highest BCUT2D eigenvalue weighted by Crippen LogP contribution is 2.47. The molecule has 0 radical (unpaired) electrons. The lowest BCUT2D eigenvalue weighted by molar-refractivity contribution is -0.568. The van der Waals surface area contributed by atoms with Crippen LogP contribution in [0.15, 0.2) is 24.3 Å². The van der Waals surface area contributed by atoms with Crippen LogP contribution in [0.2, 0.25) is 0 Å². The van der Waals surface area contributed by atoms with Crippen molar-refractivity contribution in [2.45, 2.75) is 38.4 Å². The first kappa shape index (κ1) is 13.7. The first-order valence-electron chi connectivity index (χ1n) is 6.38. The quantitative estimate of drug-likeness (QED) is 0.659. The smallest absolute Gasteiger partial charge is 0.292 e. The van der Waals surface area contributed by atoms with Gasteiger partial charge in [0.05, 0.1) is 6.61 Å². The Bertz CT molecular complexity index is 499. The number of fused-ring (bicyclic) bond motifs is 1. The van der Waals surface area contributed by atoms with E-state index in [0.29, 0.717) is 6.61 Å². The first-order chi connectivity index (χ1) is 9.01. The molecule has 0 aliphatic carbocycles. The summed E-state index contributed by atoms with van der Waals surface area (Å²) in [4.78, 5) is 12.0. The minimum absolute atomic E-state index is 0.289. The van der Waals surface area contributed by atoms with Crippen LogP contribution in [0.3, 0.4) is 0 Å². The lowest BCUT2D eigenvalue weighted by Crippen LogP contribution is -2.80. The standard InChI is InChI=1S/C14H18N3O2/c1-4-19-13(18)11-9-7-5-6-8-10(9)12(16-11)14(2,3)17-15/h5-8,11-12,17H,4H2,1-3H3/q-1. The number of esters is 1. The number of rotatable bonds is 4. The molecule has 1 heterocycles. The van der Waals surface area contributed by atoms with Crippen LogP contribution >= 0.6 is 0 Å². The molecule has 2 unspecified atom stereocenters. The van der Waals surface area contributed by atoms with Gasteiger partial charge >= 0.3 is 0 Å². The summed E-state index contributed by atoms with van der Waals surface area (Å²) in [5, 5.41) is 6.79. The van der Waals surface area contributed by atoms with Crippen LogP contribution in [-0.2, 0) is 9.53 Å². The van der Waals surface area contributed by atoms with E-state index in [0.717, 1.165) is 11.1 Å². The SMILES string of the molecule is CCOC(=O)C1[N-]C(C(C)(C)[NH+]=[N-])c2ccccc21. The zero-order valence-electron chi connectivity index (χ0n) is 11.4. The molecule has 0 saturated carbocycles. The summed E-state index contributed by atoms with van der Waals surface area (Å²) in [7, 11) is 0. The molecule has 1 aromatic rings. The molecule has 1 N–H and O–H groups in total. The van der Waals surface area contributed by atoms with Crippen molar-refractivity contribution in [3.8, 4) is 0 Å². The van der Waals surface area contributed by atoms with Gasteiger partial charge in [-0.1, -0.05) is 35.4 Å². The Morgan fingerprint density at radius 1 is 1.42 bits per heavy atom. The number of benzene rings is 1. The van der Waals surface area contributed by atoms with Crippen molar-refractivity contribution in [3.05, 3.63) is 46.2 Å². The number of hydrogen-bond donors (Lipinski definition) is 1. The van der Waals surface area contributed by atoms with Crippen molar-refractivity contribution < 1.29 is 14.6 Å². The second kappa shape index (κ2) is 5.09. The Morgan fingerprint density at radius 2 is 2.05 bits per heavy atom. The van der Waals surface area contributed by atoms with Gasteiger partial charge in [-0.15, -0.1) is 0 Å². The zero-order chi connectivity index (χ0) is 14.0. The van der Waals surface area contributed by atoms with E-state index in [1.165, 1.54) is 0 Å². The van der Waals surface area contributed by atoms with Crippen molar-refractivity contribution in [3.63, 3.8) is 0 Å². The van der Waals surface area contributed by atoms with E-state index < -0.39 is 11.6 Å². The molecular weight excluding hydrogens is 242 g/mol. The largest absolute Gasteiger partial charge is 0.634 e. The zero-order valence-corrected chi connectivity index (χ0v) is 11.4. The van der Waals surface area contributed by atoms with Crippen molar-refractivity contribution >= 4 is 5.97 Å². The third-order valence-electron chi connectivity index (χ3n) is 3.36. The van der Waals surface area contributed by atoms with E-state index in [1.807, 2.05) is 38.1 Å². The summed E-state index contributed by atoms with van der Waals surface area (Å²) in [6, 6.07) is 6.71. The molecule has 0 aromatic heterocycles. The van der Waals surface area contributed by atoms with E-state index in [-0.39, 0.29) is 12.0 Å². The average Bonchev–Trinajstić information content (AvgIpc) is 2.79. The molecular formula is C14H18N3O2-. The summed E-state index contributed by atoms with van der Waals surface area (Å²) in [6.45, 7) is 5.78. The molecule has 5 nitrogen and oxygen atoms in total. The Morgan fingerprint density at radius 3 is 2.63 bits per heavy atom. The molecule has 0 bridgehead atoms. The predicted octanol–water partition coefficient (Wildman–Crippen LogP) is 1.60. The third-order valence-corrected chi connectivity index (χ3v) is 3.36. The summed E-state index contributed by atoms with van der Waals surface area (Å²) in [5.74, 6) is -0.341. The highest BCUT2D eigenvalue weighted by Gasteiger charge is 2.35. The van der Waals surface area contributed by atoms with Crippen molar-refractivity contribution in [1.29, 1.82) is 0 Å². The highest BCUT2D eigenvalue weighted by atomic mass is 16.5. The summed E-state index contributed by atoms with van der Waals surface area (Å²) >= 11 is 0. The van der Waals surface area contributed by atoms with E-state index >= 15 is 0 Å². The van der Waals surface area contributed by atoms with Gasteiger partial charge in [0.2, 0.25) is 0 Å². The molecule has 102 valence electrons. The topological polar surface area (TPSA) is 76.7 Å². The number of nitrogens with one attached hydrogen (secondary N) is 1. The van der Waals surface area contributed by atoms with Crippen LogP contribution in [0.5, 0.6) is 0 Å². The van der Waals surface area contributed by atoms with Gasteiger partial charge in [-0.3, -0.25) is 4.79 Å². The maximum atomic E-state index is 12.0. The minimum Gasteiger partial charge on any atom is -0.634 e. The van der Waals surface area contributed by atoms with E-state index in [4.69, 9.17) is 4.74 Å². The molecule has 19 heavy (non-hydrogen) atoms. The van der Waals surface area contributed by atoms with Gasteiger partial charge in [0.25, 0.3) is 5.97 Å². The van der Waals surface area contributed by atoms with Gasteiger partial charge in [-0.05, 0) is 32.9 Å². The molecule has 1 aromatic carbocycles. The predicted molar refractivity (Wildman–Crippen MR) is 70.3 cm³/mol. The minimum atomic E-state index is -0.642. The molecule has 0 saturated heterocycles. The van der Waals surface area contributed by atoms with Crippen molar-refractivity contribution in [2.75, 3.05) is 6.61 Å². The second-order valence-electron chi connectivity index (χ2n) is 5.17. The van der Waals surface area contributed by atoms with Gasteiger partial charge in [0.1, 0.15) is 5.54 Å². The first-order valence-corrected chi connectivity index (χ1v) is 6.38. The van der Waals surface area contributed by atoms with E-state index in [1.54, 1.807) is 6.92 Å². The van der Waals surface area contributed by atoms with Crippen LogP contribution in [-0.4, -0.2) is 18.1 Å². The van der Waals surface area contributed by atoms with Crippen LogP contribution in [0.4, 0.5) is 0 Å². The van der Waals surface area contributed by atoms with Gasteiger partial charge in [-0.2, -0.15) is 0 Å². The lowest BCUT2D eigenvalue weighted by Gasteiger charge is -2.36. The van der Waals surface area contributed by atoms with Crippen LogP contribution < -0.4 is 5.11 Å². The maximum Gasteiger partial charge on any atom is 0.292 e. The molecule has 0 fully saturated rings. The highest BCUT2D eigenvalue weighted by molar-refractivity contribution is 5.83. The van der Waals surface area contributed by atoms with Crippen molar-refractivity contribution in [1.82, 2.24) is 0 Å². The maximum absolute atomic E-state index is 12.0. The summed E-state index contributed by atoms with van der Waals surface area (Å²) in [6.07, 6.45) is 0. The lowest BCUT2D eigenvalue weighted by atomic mass is 9.90. The number of ether oxygens (including phenoxy) is 1. The van der Waals surface area contributed by atoms with Gasteiger partial charge in [-0.25, -0.2) is 0 Å². The van der Waals surface area contributed by atoms with Gasteiger partial charge in [0, 0.05) is 0 Å². The van der Waals surface area contributed by atoms with Gasteiger partial charge in [0.15, 0.2) is 0 Å². The fourth-order valence-corrected chi connectivity index (χ4v) is 2.36. The average molecular weight is 260 g/mol. The Balaban J connectivity index is 2.39. The number of carbonyl (C=O) groups is 1. The Kier molecular flexibility index (Phi) is 3.66. The molecule has 2 atom stereocenters. The molecule has 0 amide bonds. The number of hydrogen-bond acceptors (Lipinski definition) is 2.